The van der Waals surface area contributed by atoms with Crippen LogP contribution in [0.1, 0.15) is 32.0 Å². The summed E-state index contributed by atoms with van der Waals surface area (Å²) in [6.07, 6.45) is 3.49. The van der Waals surface area contributed by atoms with Gasteiger partial charge < -0.3 is 9.67 Å². The molecule has 2 aromatic rings. The third kappa shape index (κ3) is 2.61. The highest BCUT2D eigenvalue weighted by atomic mass is 35.5. The van der Waals surface area contributed by atoms with Gasteiger partial charge in [0.25, 0.3) is 0 Å². The quantitative estimate of drug-likeness (QED) is 0.829. The fraction of sp³-hybridized carbons (Fsp3) is 0.462. The predicted molar refractivity (Wildman–Crippen MR) is 70.2 cm³/mol. The van der Waals surface area contributed by atoms with Crippen molar-refractivity contribution in [2.75, 3.05) is 0 Å². The van der Waals surface area contributed by atoms with Crippen LogP contribution in [0.25, 0.3) is 11.0 Å². The van der Waals surface area contributed by atoms with Crippen molar-refractivity contribution in [1.82, 2.24) is 9.55 Å². The van der Waals surface area contributed by atoms with E-state index in [1.807, 2.05) is 18.2 Å². The van der Waals surface area contributed by atoms with Crippen molar-refractivity contribution in [3.63, 3.8) is 0 Å². The van der Waals surface area contributed by atoms with Gasteiger partial charge in [-0.25, -0.2) is 4.98 Å². The summed E-state index contributed by atoms with van der Waals surface area (Å²) < 4.78 is 2.08. The van der Waals surface area contributed by atoms with Crippen LogP contribution in [0.5, 0.6) is 0 Å². The van der Waals surface area contributed by atoms with Gasteiger partial charge in [-0.1, -0.05) is 31.4 Å². The Kier molecular flexibility index (Phi) is 4.02. The van der Waals surface area contributed by atoms with Crippen LogP contribution in [-0.4, -0.2) is 14.7 Å². The Morgan fingerprint density at radius 3 is 2.88 bits per heavy atom. The molecule has 3 nitrogen and oxygen atoms in total. The van der Waals surface area contributed by atoms with Crippen LogP contribution in [0.4, 0.5) is 0 Å². The monoisotopic (exact) mass is 252 g/mol. The van der Waals surface area contributed by atoms with Crippen molar-refractivity contribution in [3.05, 3.63) is 29.0 Å². The number of aliphatic hydroxyl groups excluding tert-OH is 1. The van der Waals surface area contributed by atoms with Gasteiger partial charge in [-0.05, 0) is 24.6 Å². The van der Waals surface area contributed by atoms with Gasteiger partial charge >= 0.3 is 0 Å². The molecule has 0 spiro atoms. The van der Waals surface area contributed by atoms with Crippen LogP contribution in [0.15, 0.2) is 18.2 Å². The van der Waals surface area contributed by atoms with Crippen LogP contribution in [0.3, 0.4) is 0 Å². The highest BCUT2D eigenvalue weighted by molar-refractivity contribution is 6.31. The minimum atomic E-state index is -0.0293. The number of hydrogen-bond donors (Lipinski definition) is 1. The number of aryl methyl sites for hydroxylation is 1. The number of benzene rings is 1. The first-order chi connectivity index (χ1) is 8.26. The number of halogens is 1. The van der Waals surface area contributed by atoms with Gasteiger partial charge in [0.15, 0.2) is 0 Å². The molecule has 1 N–H and O–H groups in total. The van der Waals surface area contributed by atoms with Crippen molar-refractivity contribution in [2.45, 2.75) is 39.3 Å². The maximum atomic E-state index is 9.33. The molecule has 0 aliphatic carbocycles. The van der Waals surface area contributed by atoms with Crippen molar-refractivity contribution in [3.8, 4) is 0 Å². The van der Waals surface area contributed by atoms with Gasteiger partial charge in [0, 0.05) is 11.6 Å². The van der Waals surface area contributed by atoms with Gasteiger partial charge in [-0.15, -0.1) is 0 Å². The number of aliphatic hydroxyl groups is 1. The summed E-state index contributed by atoms with van der Waals surface area (Å²) in [7, 11) is 0. The number of rotatable bonds is 5. The second kappa shape index (κ2) is 5.52. The number of fused-ring (bicyclic) bond motifs is 1. The Morgan fingerprint density at radius 2 is 2.18 bits per heavy atom. The van der Waals surface area contributed by atoms with Crippen LogP contribution in [0, 0.1) is 0 Å². The molecular weight excluding hydrogens is 236 g/mol. The molecule has 0 atom stereocenters. The third-order valence-corrected chi connectivity index (χ3v) is 3.15. The number of hydrogen-bond acceptors (Lipinski definition) is 2. The molecule has 1 aromatic heterocycles. The molecule has 0 saturated heterocycles. The molecule has 1 aromatic carbocycles. The standard InChI is InChI=1S/C13H17ClN2O/c1-2-3-4-7-16-12-6-5-10(14)8-11(12)15-13(16)9-17/h5-6,8,17H,2-4,7,9H2,1H3. The first-order valence-electron chi connectivity index (χ1n) is 6.01. The van der Waals surface area contributed by atoms with E-state index in [0.717, 1.165) is 29.8 Å². The van der Waals surface area contributed by atoms with Crippen molar-refractivity contribution < 1.29 is 5.11 Å². The summed E-state index contributed by atoms with van der Waals surface area (Å²) in [5.41, 5.74) is 1.91. The Labute approximate surface area is 106 Å². The summed E-state index contributed by atoms with van der Waals surface area (Å²) in [4.78, 5) is 4.40. The summed E-state index contributed by atoms with van der Waals surface area (Å²) in [5, 5.41) is 10.0. The molecule has 4 heteroatoms. The zero-order valence-electron chi connectivity index (χ0n) is 9.99. The summed E-state index contributed by atoms with van der Waals surface area (Å²) >= 11 is 5.94. The van der Waals surface area contributed by atoms with Crippen molar-refractivity contribution in [2.24, 2.45) is 0 Å². The molecule has 0 amide bonds. The van der Waals surface area contributed by atoms with Gasteiger partial charge in [0.2, 0.25) is 0 Å². The van der Waals surface area contributed by atoms with E-state index >= 15 is 0 Å². The lowest BCUT2D eigenvalue weighted by molar-refractivity contribution is 0.265. The second-order valence-corrected chi connectivity index (χ2v) is 4.61. The topological polar surface area (TPSA) is 38.0 Å². The van der Waals surface area contributed by atoms with Crippen molar-refractivity contribution in [1.29, 1.82) is 0 Å². The number of unbranched alkanes of at least 4 members (excludes halogenated alkanes) is 2. The van der Waals surface area contributed by atoms with E-state index in [0.29, 0.717) is 5.02 Å². The zero-order valence-corrected chi connectivity index (χ0v) is 10.7. The first-order valence-corrected chi connectivity index (χ1v) is 6.39. The normalized spacial score (nSPS) is 11.2. The van der Waals surface area contributed by atoms with Crippen LogP contribution < -0.4 is 0 Å². The Morgan fingerprint density at radius 1 is 1.35 bits per heavy atom. The molecule has 92 valence electrons. The lowest BCUT2D eigenvalue weighted by Gasteiger charge is -2.06. The van der Waals surface area contributed by atoms with Crippen LogP contribution in [-0.2, 0) is 13.2 Å². The van der Waals surface area contributed by atoms with Gasteiger partial charge in [-0.3, -0.25) is 0 Å². The fourth-order valence-corrected chi connectivity index (χ4v) is 2.21. The van der Waals surface area contributed by atoms with E-state index in [4.69, 9.17) is 11.6 Å². The highest BCUT2D eigenvalue weighted by Crippen LogP contribution is 2.21. The molecule has 2 rings (SSSR count). The van der Waals surface area contributed by atoms with E-state index < -0.39 is 0 Å². The van der Waals surface area contributed by atoms with Crippen LogP contribution in [0.2, 0.25) is 5.02 Å². The first kappa shape index (κ1) is 12.4. The number of imidazole rings is 1. The molecule has 0 aliphatic heterocycles. The Hall–Kier alpha value is -1.06. The van der Waals surface area contributed by atoms with Gasteiger partial charge in [0.05, 0.1) is 11.0 Å². The summed E-state index contributed by atoms with van der Waals surface area (Å²) in [6, 6.07) is 5.67. The van der Waals surface area contributed by atoms with Crippen LogP contribution >= 0.6 is 11.6 Å². The molecule has 0 unspecified atom stereocenters. The fourth-order valence-electron chi connectivity index (χ4n) is 2.04. The van der Waals surface area contributed by atoms with Gasteiger partial charge in [-0.2, -0.15) is 0 Å². The molecule has 0 radical (unpaired) electrons. The minimum Gasteiger partial charge on any atom is -0.388 e. The van der Waals surface area contributed by atoms with E-state index in [1.54, 1.807) is 0 Å². The highest BCUT2D eigenvalue weighted by Gasteiger charge is 2.09. The average molecular weight is 253 g/mol. The predicted octanol–water partition coefficient (Wildman–Crippen LogP) is 3.37. The van der Waals surface area contributed by atoms with Crippen molar-refractivity contribution >= 4 is 22.6 Å². The Bertz CT molecular complexity index is 507. The lowest BCUT2D eigenvalue weighted by Crippen LogP contribution is -2.03. The molecule has 0 saturated carbocycles. The maximum absolute atomic E-state index is 9.33. The zero-order chi connectivity index (χ0) is 12.3. The summed E-state index contributed by atoms with van der Waals surface area (Å²) in [6.45, 7) is 3.05. The maximum Gasteiger partial charge on any atom is 0.135 e. The molecule has 0 bridgehead atoms. The van der Waals surface area contributed by atoms with E-state index in [1.165, 1.54) is 12.8 Å². The van der Waals surface area contributed by atoms with E-state index in [2.05, 4.69) is 16.5 Å². The van der Waals surface area contributed by atoms with Gasteiger partial charge in [0.1, 0.15) is 12.4 Å². The number of aromatic nitrogens is 2. The molecule has 0 aliphatic rings. The molecular formula is C13H17ClN2O. The largest absolute Gasteiger partial charge is 0.388 e. The van der Waals surface area contributed by atoms with E-state index in [9.17, 15) is 5.11 Å². The average Bonchev–Trinajstić information content (AvgIpc) is 2.67. The third-order valence-electron chi connectivity index (χ3n) is 2.92. The molecule has 1 heterocycles. The SMILES string of the molecule is CCCCCn1c(CO)nc2cc(Cl)ccc21. The number of nitrogens with zero attached hydrogens (tertiary/aromatic N) is 2. The Balaban J connectivity index is 2.36. The lowest BCUT2D eigenvalue weighted by atomic mass is 10.2. The molecule has 17 heavy (non-hydrogen) atoms. The second-order valence-electron chi connectivity index (χ2n) is 4.18. The van der Waals surface area contributed by atoms with E-state index in [-0.39, 0.29) is 6.61 Å². The minimum absolute atomic E-state index is 0.0293. The smallest absolute Gasteiger partial charge is 0.135 e. The molecule has 0 fully saturated rings. The summed E-state index contributed by atoms with van der Waals surface area (Å²) in [5.74, 6) is 0.721.